The number of likely N-dealkylation sites (tertiary alicyclic amines) is 1. The van der Waals surface area contributed by atoms with Crippen LogP contribution in [0.15, 0.2) is 29.1 Å². The van der Waals surface area contributed by atoms with Crippen LogP contribution < -0.4 is 11.0 Å². The number of aromatic amines is 1. The third-order valence-electron chi connectivity index (χ3n) is 3.46. The molecule has 0 bridgehead atoms. The molecule has 1 aromatic heterocycles. The molecule has 0 amide bonds. The van der Waals surface area contributed by atoms with Crippen molar-refractivity contribution in [1.82, 2.24) is 14.6 Å². The van der Waals surface area contributed by atoms with E-state index < -0.39 is 0 Å². The zero-order chi connectivity index (χ0) is 13.2. The first-order valence-corrected chi connectivity index (χ1v) is 6.87. The number of H-pyrrole nitrogens is 1. The van der Waals surface area contributed by atoms with Crippen molar-refractivity contribution in [2.24, 2.45) is 0 Å². The summed E-state index contributed by atoms with van der Waals surface area (Å²) in [7, 11) is 0. The van der Waals surface area contributed by atoms with Crippen LogP contribution in [0.4, 0.5) is 0 Å². The lowest BCUT2D eigenvalue weighted by molar-refractivity contribution is 0.349. The minimum atomic E-state index is -0.0986. The van der Waals surface area contributed by atoms with E-state index in [9.17, 15) is 4.79 Å². The number of fused-ring (bicyclic) bond motifs is 1. The molecule has 19 heavy (non-hydrogen) atoms. The van der Waals surface area contributed by atoms with E-state index in [1.165, 1.54) is 17.5 Å². The van der Waals surface area contributed by atoms with Crippen LogP contribution in [-0.2, 0) is 0 Å². The SMILES string of the molecule is O=c1c2ccccc2[nH]c(=S)n1NCN1CCCC1. The third-order valence-corrected chi connectivity index (χ3v) is 3.74. The molecule has 1 saturated heterocycles. The van der Waals surface area contributed by atoms with Crippen molar-refractivity contribution >= 4 is 23.1 Å². The molecule has 1 fully saturated rings. The van der Waals surface area contributed by atoms with Gasteiger partial charge in [-0.3, -0.25) is 9.69 Å². The minimum absolute atomic E-state index is 0.0986. The molecular weight excluding hydrogens is 260 g/mol. The Hall–Kier alpha value is -1.66. The number of aromatic nitrogens is 2. The first-order chi connectivity index (χ1) is 9.25. The maximum absolute atomic E-state index is 12.3. The number of hydrogen-bond donors (Lipinski definition) is 2. The van der Waals surface area contributed by atoms with Gasteiger partial charge in [-0.2, -0.15) is 4.68 Å². The average Bonchev–Trinajstić information content (AvgIpc) is 2.92. The molecule has 0 radical (unpaired) electrons. The van der Waals surface area contributed by atoms with Crippen molar-refractivity contribution in [3.63, 3.8) is 0 Å². The molecule has 3 rings (SSSR count). The van der Waals surface area contributed by atoms with Crippen molar-refractivity contribution < 1.29 is 0 Å². The first-order valence-electron chi connectivity index (χ1n) is 6.46. The Bertz CT molecular complexity index is 700. The normalized spacial score (nSPS) is 16.0. The van der Waals surface area contributed by atoms with Crippen molar-refractivity contribution in [2.75, 3.05) is 25.2 Å². The van der Waals surface area contributed by atoms with Crippen molar-refractivity contribution in [1.29, 1.82) is 0 Å². The van der Waals surface area contributed by atoms with E-state index in [1.807, 2.05) is 18.2 Å². The average molecular weight is 276 g/mol. The van der Waals surface area contributed by atoms with Gasteiger partial charge in [0.2, 0.25) is 0 Å². The van der Waals surface area contributed by atoms with Gasteiger partial charge in [0.15, 0.2) is 4.77 Å². The molecule has 0 atom stereocenters. The van der Waals surface area contributed by atoms with Crippen LogP contribution in [0.3, 0.4) is 0 Å². The molecule has 2 N–H and O–H groups in total. The van der Waals surface area contributed by atoms with E-state index in [2.05, 4.69) is 15.3 Å². The van der Waals surface area contributed by atoms with Crippen molar-refractivity contribution in [3.8, 4) is 0 Å². The maximum Gasteiger partial charge on any atom is 0.280 e. The summed E-state index contributed by atoms with van der Waals surface area (Å²) in [5.74, 6) is 0. The number of rotatable bonds is 3. The quantitative estimate of drug-likeness (QED) is 0.837. The van der Waals surface area contributed by atoms with E-state index in [1.54, 1.807) is 6.07 Å². The lowest BCUT2D eigenvalue weighted by Gasteiger charge is -2.17. The van der Waals surface area contributed by atoms with Crippen LogP contribution >= 0.6 is 12.2 Å². The van der Waals surface area contributed by atoms with Gasteiger partial charge in [-0.25, -0.2) is 0 Å². The molecule has 0 unspecified atom stereocenters. The molecule has 0 saturated carbocycles. The van der Waals surface area contributed by atoms with Crippen LogP contribution in [0.5, 0.6) is 0 Å². The van der Waals surface area contributed by atoms with Crippen molar-refractivity contribution in [2.45, 2.75) is 12.8 Å². The summed E-state index contributed by atoms with van der Waals surface area (Å²) in [4.78, 5) is 17.7. The van der Waals surface area contributed by atoms with Gasteiger partial charge in [0.1, 0.15) is 0 Å². The smallest absolute Gasteiger partial charge is 0.280 e. The second-order valence-corrected chi connectivity index (χ2v) is 5.14. The molecule has 1 aromatic carbocycles. The predicted octanol–water partition coefficient (Wildman–Crippen LogP) is 1.66. The van der Waals surface area contributed by atoms with Crippen LogP contribution in [-0.4, -0.2) is 34.3 Å². The standard InChI is InChI=1S/C13H16N4OS/c18-12-10-5-1-2-6-11(10)15-13(19)17(12)14-9-16-7-3-4-8-16/h1-2,5-6,14H,3-4,7-9H2,(H,15,19). The van der Waals surface area contributed by atoms with Crippen LogP contribution in [0, 0.1) is 4.77 Å². The van der Waals surface area contributed by atoms with E-state index in [4.69, 9.17) is 12.2 Å². The second-order valence-electron chi connectivity index (χ2n) is 4.76. The molecule has 6 heteroatoms. The predicted molar refractivity (Wildman–Crippen MR) is 78.4 cm³/mol. The van der Waals surface area contributed by atoms with Crippen LogP contribution in [0.2, 0.25) is 0 Å². The molecule has 0 spiro atoms. The van der Waals surface area contributed by atoms with Gasteiger partial charge >= 0.3 is 0 Å². The Morgan fingerprint density at radius 3 is 2.79 bits per heavy atom. The Morgan fingerprint density at radius 1 is 1.26 bits per heavy atom. The van der Waals surface area contributed by atoms with Crippen LogP contribution in [0.1, 0.15) is 12.8 Å². The van der Waals surface area contributed by atoms with Gasteiger partial charge in [0.25, 0.3) is 5.56 Å². The maximum atomic E-state index is 12.3. The summed E-state index contributed by atoms with van der Waals surface area (Å²) >= 11 is 5.23. The van der Waals surface area contributed by atoms with Gasteiger partial charge < -0.3 is 10.4 Å². The zero-order valence-electron chi connectivity index (χ0n) is 10.6. The largest absolute Gasteiger partial charge is 0.330 e. The second kappa shape index (κ2) is 5.14. The summed E-state index contributed by atoms with van der Waals surface area (Å²) in [6.07, 6.45) is 2.45. The Labute approximate surface area is 115 Å². The van der Waals surface area contributed by atoms with Gasteiger partial charge in [-0.15, -0.1) is 0 Å². The fourth-order valence-corrected chi connectivity index (χ4v) is 2.67. The van der Waals surface area contributed by atoms with Gasteiger partial charge in [0, 0.05) is 0 Å². The topological polar surface area (TPSA) is 53.1 Å². The highest BCUT2D eigenvalue weighted by molar-refractivity contribution is 7.71. The zero-order valence-corrected chi connectivity index (χ0v) is 11.4. The summed E-state index contributed by atoms with van der Waals surface area (Å²) in [5.41, 5.74) is 3.79. The number of benzene rings is 1. The Kier molecular flexibility index (Phi) is 3.35. The first kappa shape index (κ1) is 12.4. The van der Waals surface area contributed by atoms with E-state index in [0.29, 0.717) is 16.8 Å². The molecule has 1 aliphatic rings. The number of nitrogens with zero attached hydrogens (tertiary/aromatic N) is 2. The van der Waals surface area contributed by atoms with Gasteiger partial charge in [-0.05, 0) is 50.3 Å². The Morgan fingerprint density at radius 2 is 2.00 bits per heavy atom. The fraction of sp³-hybridized carbons (Fsp3) is 0.385. The number of hydrogen-bond acceptors (Lipinski definition) is 4. The monoisotopic (exact) mass is 276 g/mol. The molecular formula is C13H16N4OS. The highest BCUT2D eigenvalue weighted by Gasteiger charge is 2.11. The van der Waals surface area contributed by atoms with E-state index in [0.717, 1.165) is 18.6 Å². The summed E-state index contributed by atoms with van der Waals surface area (Å²) in [6.45, 7) is 2.80. The van der Waals surface area contributed by atoms with Gasteiger partial charge in [0.05, 0.1) is 17.6 Å². The Balaban J connectivity index is 1.94. The number of para-hydroxylation sites is 1. The highest BCUT2D eigenvalue weighted by Crippen LogP contribution is 2.07. The minimum Gasteiger partial charge on any atom is -0.330 e. The summed E-state index contributed by atoms with van der Waals surface area (Å²) in [5, 5.41) is 0.644. The molecule has 5 nitrogen and oxygen atoms in total. The molecule has 2 heterocycles. The fourth-order valence-electron chi connectivity index (χ4n) is 2.42. The lowest BCUT2D eigenvalue weighted by atomic mass is 10.2. The number of nitrogens with one attached hydrogen (secondary N) is 2. The molecule has 2 aromatic rings. The van der Waals surface area contributed by atoms with E-state index in [-0.39, 0.29) is 5.56 Å². The highest BCUT2D eigenvalue weighted by atomic mass is 32.1. The van der Waals surface area contributed by atoms with Crippen LogP contribution in [0.25, 0.3) is 10.9 Å². The molecule has 1 aliphatic heterocycles. The van der Waals surface area contributed by atoms with E-state index >= 15 is 0 Å². The lowest BCUT2D eigenvalue weighted by Crippen LogP contribution is -2.37. The van der Waals surface area contributed by atoms with Gasteiger partial charge in [-0.1, -0.05) is 12.1 Å². The summed E-state index contributed by atoms with van der Waals surface area (Å²) in [6, 6.07) is 7.40. The van der Waals surface area contributed by atoms with Crippen molar-refractivity contribution in [3.05, 3.63) is 39.4 Å². The summed E-state index contributed by atoms with van der Waals surface area (Å²) < 4.78 is 1.83. The molecule has 0 aliphatic carbocycles. The third kappa shape index (κ3) is 2.41. The molecule has 100 valence electrons.